The molecule has 6 nitrogen and oxygen atoms in total. The van der Waals surface area contributed by atoms with Crippen LogP contribution < -0.4 is 10.6 Å². The minimum Gasteiger partial charge on any atom is -0.504 e. The number of unbranched alkanes of at least 4 members (excludes halogenated alkanes) is 3. The van der Waals surface area contributed by atoms with Crippen LogP contribution in [-0.4, -0.2) is 45.6 Å². The molecule has 2 aromatic carbocycles. The number of aromatic hydroxyl groups is 4. The van der Waals surface area contributed by atoms with Gasteiger partial charge >= 0.3 is 0 Å². The Bertz CT molecular complexity index is 923. The fourth-order valence-electron chi connectivity index (χ4n) is 4.56. The number of hydrogen-bond donors (Lipinski definition) is 6. The molecule has 0 aromatic heterocycles. The third-order valence-electron chi connectivity index (χ3n) is 6.51. The van der Waals surface area contributed by atoms with Crippen LogP contribution in [0.3, 0.4) is 0 Å². The molecule has 0 aliphatic rings. The van der Waals surface area contributed by atoms with Crippen molar-refractivity contribution in [2.45, 2.75) is 84.6 Å². The Hall–Kier alpha value is -1.48. The van der Waals surface area contributed by atoms with E-state index in [-0.39, 0.29) is 62.5 Å². The van der Waals surface area contributed by atoms with Gasteiger partial charge in [0.15, 0.2) is 23.0 Å². The van der Waals surface area contributed by atoms with Crippen molar-refractivity contribution in [2.24, 2.45) is 0 Å². The fraction of sp³-hybridized carbons (Fsp3) is 0.571. The molecule has 0 atom stereocenters. The van der Waals surface area contributed by atoms with E-state index in [4.69, 9.17) is 0 Å². The highest BCUT2D eigenvalue weighted by Gasteiger charge is 2.21. The molecule has 0 radical (unpaired) electrons. The van der Waals surface area contributed by atoms with E-state index in [1.807, 2.05) is 26.0 Å². The maximum atomic E-state index is 10.1. The van der Waals surface area contributed by atoms with Crippen LogP contribution in [0.5, 0.6) is 23.0 Å². The fourth-order valence-corrected chi connectivity index (χ4v) is 4.56. The molecule has 0 spiro atoms. The van der Waals surface area contributed by atoms with Crippen molar-refractivity contribution in [1.82, 2.24) is 10.6 Å². The summed E-state index contributed by atoms with van der Waals surface area (Å²) in [6, 6.07) is 6.96. The highest BCUT2D eigenvalue weighted by atomic mass is 79.9. The molecular weight excluding hydrogens is 588 g/mol. The molecule has 0 fully saturated rings. The van der Waals surface area contributed by atoms with Gasteiger partial charge in [-0.1, -0.05) is 38.8 Å². The highest BCUT2D eigenvalue weighted by molar-refractivity contribution is 8.93. The van der Waals surface area contributed by atoms with Gasteiger partial charge in [0.25, 0.3) is 0 Å². The third-order valence-corrected chi connectivity index (χ3v) is 6.51. The Morgan fingerprint density at radius 1 is 0.667 bits per heavy atom. The molecule has 206 valence electrons. The van der Waals surface area contributed by atoms with Gasteiger partial charge in [0.1, 0.15) is 0 Å². The van der Waals surface area contributed by atoms with Crippen molar-refractivity contribution in [3.05, 3.63) is 46.5 Å². The lowest BCUT2D eigenvalue weighted by Gasteiger charge is -2.28. The minimum atomic E-state index is -0.0884. The molecule has 0 bridgehead atoms. The van der Waals surface area contributed by atoms with Gasteiger partial charge in [-0.2, -0.15) is 0 Å². The molecule has 8 heteroatoms. The van der Waals surface area contributed by atoms with Crippen LogP contribution in [-0.2, 0) is 25.7 Å². The number of phenols is 4. The van der Waals surface area contributed by atoms with Gasteiger partial charge in [-0.05, 0) is 95.3 Å². The topological polar surface area (TPSA) is 105 Å². The summed E-state index contributed by atoms with van der Waals surface area (Å²) in [5.41, 5.74) is 3.75. The smallest absolute Gasteiger partial charge is 0.160 e. The number of phenolic OH excluding ortho intramolecular Hbond substituents is 4. The molecule has 0 saturated carbocycles. The van der Waals surface area contributed by atoms with Crippen LogP contribution in [0.4, 0.5) is 0 Å². The Kier molecular flexibility index (Phi) is 16.4. The van der Waals surface area contributed by atoms with Gasteiger partial charge in [-0.25, -0.2) is 0 Å². The number of rotatable bonds is 15. The van der Waals surface area contributed by atoms with E-state index in [1.165, 1.54) is 12.8 Å². The zero-order valence-electron chi connectivity index (χ0n) is 22.2. The maximum Gasteiger partial charge on any atom is 0.160 e. The van der Waals surface area contributed by atoms with Crippen molar-refractivity contribution in [3.63, 3.8) is 0 Å². The Morgan fingerprint density at radius 2 is 1.17 bits per heavy atom. The van der Waals surface area contributed by atoms with Gasteiger partial charge < -0.3 is 31.1 Å². The van der Waals surface area contributed by atoms with Gasteiger partial charge in [-0.15, -0.1) is 34.0 Å². The van der Waals surface area contributed by atoms with Gasteiger partial charge in [0.2, 0.25) is 0 Å². The molecule has 0 heterocycles. The number of benzene rings is 2. The minimum absolute atomic E-state index is 0. The van der Waals surface area contributed by atoms with Crippen molar-refractivity contribution in [1.29, 1.82) is 0 Å². The Labute approximate surface area is 238 Å². The summed E-state index contributed by atoms with van der Waals surface area (Å²) >= 11 is 0. The van der Waals surface area contributed by atoms with Crippen LogP contribution in [0.25, 0.3) is 0 Å². The average molecular weight is 634 g/mol. The zero-order valence-corrected chi connectivity index (χ0v) is 25.6. The standard InChI is InChI=1S/C28H44N2O4.2BrH/c1-5-22-20(11-13-24(31)26(22)33)15-18-29-16-9-7-8-10-17-30-28(3,4)19-21-12-14-25(32)27(34)23(21)6-2;;/h11-14,29-34H,5-10,15-19H2,1-4H3;2*1H. The van der Waals surface area contributed by atoms with E-state index >= 15 is 0 Å². The van der Waals surface area contributed by atoms with Crippen LogP contribution in [0, 0.1) is 0 Å². The van der Waals surface area contributed by atoms with Crippen LogP contribution in [0.15, 0.2) is 24.3 Å². The quantitative estimate of drug-likeness (QED) is 0.105. The highest BCUT2D eigenvalue weighted by Crippen LogP contribution is 2.33. The van der Waals surface area contributed by atoms with Gasteiger partial charge in [-0.3, -0.25) is 0 Å². The second-order valence-corrected chi connectivity index (χ2v) is 9.75. The van der Waals surface area contributed by atoms with Crippen molar-refractivity contribution in [2.75, 3.05) is 19.6 Å². The van der Waals surface area contributed by atoms with E-state index in [1.54, 1.807) is 12.1 Å². The van der Waals surface area contributed by atoms with Gasteiger partial charge in [0, 0.05) is 16.7 Å². The summed E-state index contributed by atoms with van der Waals surface area (Å²) in [5.74, 6) is -0.0664. The zero-order chi connectivity index (χ0) is 25.1. The third kappa shape index (κ3) is 10.5. The first-order valence-corrected chi connectivity index (χ1v) is 12.7. The van der Waals surface area contributed by atoms with E-state index in [0.717, 1.165) is 67.6 Å². The lowest BCUT2D eigenvalue weighted by Crippen LogP contribution is -2.42. The number of hydrogen-bond acceptors (Lipinski definition) is 6. The number of halogens is 2. The molecule has 2 rings (SSSR count). The first-order valence-electron chi connectivity index (χ1n) is 12.7. The van der Waals surface area contributed by atoms with Gasteiger partial charge in [0.05, 0.1) is 0 Å². The van der Waals surface area contributed by atoms with E-state index in [9.17, 15) is 20.4 Å². The summed E-state index contributed by atoms with van der Waals surface area (Å²) in [5, 5.41) is 46.7. The largest absolute Gasteiger partial charge is 0.504 e. The Balaban J connectivity index is 0.00000612. The molecule has 0 saturated heterocycles. The first-order chi connectivity index (χ1) is 16.2. The molecule has 0 aliphatic carbocycles. The summed E-state index contributed by atoms with van der Waals surface area (Å²) in [6.07, 6.45) is 7.66. The molecule has 0 amide bonds. The van der Waals surface area contributed by atoms with Crippen LogP contribution in [0.1, 0.15) is 75.6 Å². The Morgan fingerprint density at radius 3 is 1.72 bits per heavy atom. The van der Waals surface area contributed by atoms with E-state index < -0.39 is 0 Å². The monoisotopic (exact) mass is 632 g/mol. The summed E-state index contributed by atoms with van der Waals surface area (Å²) in [7, 11) is 0. The molecule has 6 N–H and O–H groups in total. The predicted octanol–water partition coefficient (Wildman–Crippen LogP) is 6.09. The van der Waals surface area contributed by atoms with E-state index in [2.05, 4.69) is 24.5 Å². The van der Waals surface area contributed by atoms with Crippen molar-refractivity contribution < 1.29 is 20.4 Å². The average Bonchev–Trinajstić information content (AvgIpc) is 2.80. The van der Waals surface area contributed by atoms with E-state index in [0.29, 0.717) is 12.8 Å². The molecular formula is C28H46Br2N2O4. The first kappa shape index (κ1) is 34.5. The molecule has 36 heavy (non-hydrogen) atoms. The SMILES string of the molecule is Br.Br.CCc1c(CCNCCCCCCNC(C)(C)Cc2ccc(O)c(O)c2CC)ccc(O)c1O. The second kappa shape index (κ2) is 17.1. The van der Waals surface area contributed by atoms with Crippen LogP contribution >= 0.6 is 34.0 Å². The van der Waals surface area contributed by atoms with Crippen molar-refractivity contribution in [3.8, 4) is 23.0 Å². The predicted molar refractivity (Wildman–Crippen MR) is 160 cm³/mol. The molecule has 0 unspecified atom stereocenters. The lowest BCUT2D eigenvalue weighted by atomic mass is 9.90. The second-order valence-electron chi connectivity index (χ2n) is 9.75. The summed E-state index contributed by atoms with van der Waals surface area (Å²) < 4.78 is 0. The van der Waals surface area contributed by atoms with Crippen molar-refractivity contribution >= 4 is 34.0 Å². The maximum absolute atomic E-state index is 10.1. The summed E-state index contributed by atoms with van der Waals surface area (Å²) in [6.45, 7) is 11.1. The molecule has 2 aromatic rings. The molecule has 0 aliphatic heterocycles. The lowest BCUT2D eigenvalue weighted by molar-refractivity contribution is 0.373. The van der Waals surface area contributed by atoms with Crippen LogP contribution in [0.2, 0.25) is 0 Å². The summed E-state index contributed by atoms with van der Waals surface area (Å²) in [4.78, 5) is 0. The normalized spacial score (nSPS) is 11.1. The number of nitrogens with one attached hydrogen (secondary N) is 2.